The summed E-state index contributed by atoms with van der Waals surface area (Å²) in [6.45, 7) is 8.36. The average molecular weight is 458 g/mol. The zero-order valence-electron chi connectivity index (χ0n) is 22.3. The van der Waals surface area contributed by atoms with Crippen LogP contribution in [0.5, 0.6) is 5.75 Å². The van der Waals surface area contributed by atoms with Crippen LogP contribution in [0.15, 0.2) is 30.4 Å². The predicted molar refractivity (Wildman–Crippen MR) is 144 cm³/mol. The molecule has 1 aromatic carbocycles. The van der Waals surface area contributed by atoms with Crippen molar-refractivity contribution in [2.24, 2.45) is 5.41 Å². The van der Waals surface area contributed by atoms with Crippen molar-refractivity contribution in [1.82, 2.24) is 0 Å². The average Bonchev–Trinajstić information content (AvgIpc) is 2.80. The minimum atomic E-state index is -0.381. The normalized spacial score (nSPS) is 11.8. The van der Waals surface area contributed by atoms with Gasteiger partial charge in [0.05, 0.1) is 12.8 Å². The first-order valence-corrected chi connectivity index (χ1v) is 13.5. The van der Waals surface area contributed by atoms with Crippen molar-refractivity contribution >= 4 is 11.6 Å². The van der Waals surface area contributed by atoms with E-state index in [1.54, 1.807) is 7.11 Å². The number of amides is 1. The number of nitrogens with one attached hydrogen (secondary N) is 1. The maximum Gasteiger partial charge on any atom is 0.230 e. The van der Waals surface area contributed by atoms with E-state index in [9.17, 15) is 4.79 Å². The van der Waals surface area contributed by atoms with Crippen molar-refractivity contribution in [3.05, 3.63) is 35.9 Å². The largest absolute Gasteiger partial charge is 0.495 e. The number of unbranched alkanes of at least 4 members (excludes halogenated alkanes) is 12. The van der Waals surface area contributed by atoms with Crippen molar-refractivity contribution in [2.75, 3.05) is 12.4 Å². The van der Waals surface area contributed by atoms with Gasteiger partial charge in [0.2, 0.25) is 5.91 Å². The van der Waals surface area contributed by atoms with Crippen molar-refractivity contribution < 1.29 is 9.53 Å². The number of methoxy groups -OCH3 is 1. The number of anilines is 1. The number of rotatable bonds is 19. The smallest absolute Gasteiger partial charge is 0.230 e. The lowest BCUT2D eigenvalue weighted by atomic mass is 9.85. The van der Waals surface area contributed by atoms with Gasteiger partial charge >= 0.3 is 0 Å². The summed E-state index contributed by atoms with van der Waals surface area (Å²) in [5, 5.41) is 3.10. The molecule has 0 aliphatic rings. The highest BCUT2D eigenvalue weighted by atomic mass is 16.5. The number of carbonyl (C=O) groups excluding carboxylic acids is 1. The molecule has 0 fully saturated rings. The number of hydrogen-bond acceptors (Lipinski definition) is 2. The molecule has 0 atom stereocenters. The van der Waals surface area contributed by atoms with E-state index < -0.39 is 0 Å². The Morgan fingerprint density at radius 1 is 0.879 bits per heavy atom. The maximum absolute atomic E-state index is 12.9. The summed E-state index contributed by atoms with van der Waals surface area (Å²) in [6.07, 6.45) is 24.0. The molecular formula is C30H51NO2. The minimum Gasteiger partial charge on any atom is -0.495 e. The molecule has 1 N–H and O–H groups in total. The molecule has 1 amide bonds. The van der Waals surface area contributed by atoms with E-state index >= 15 is 0 Å². The number of ether oxygens (including phenoxy) is 1. The predicted octanol–water partition coefficient (Wildman–Crippen LogP) is 9.40. The Balaban J connectivity index is 2.09. The molecule has 0 aliphatic heterocycles. The van der Waals surface area contributed by atoms with Gasteiger partial charge in [0.25, 0.3) is 0 Å². The second kappa shape index (κ2) is 17.7. The lowest BCUT2D eigenvalue weighted by molar-refractivity contribution is -0.124. The van der Waals surface area contributed by atoms with Gasteiger partial charge < -0.3 is 10.1 Å². The number of carbonyl (C=O) groups is 1. The van der Waals surface area contributed by atoms with Crippen LogP contribution in [0.4, 0.5) is 5.69 Å². The van der Waals surface area contributed by atoms with Gasteiger partial charge in [0.15, 0.2) is 0 Å². The third-order valence-corrected chi connectivity index (χ3v) is 6.62. The molecule has 1 rings (SSSR count). The maximum atomic E-state index is 12.9. The highest BCUT2D eigenvalue weighted by molar-refractivity contribution is 5.96. The lowest BCUT2D eigenvalue weighted by Gasteiger charge is -2.25. The fourth-order valence-electron chi connectivity index (χ4n) is 4.18. The van der Waals surface area contributed by atoms with Gasteiger partial charge in [-0.2, -0.15) is 0 Å². The van der Waals surface area contributed by atoms with Crippen LogP contribution < -0.4 is 10.1 Å². The third kappa shape index (κ3) is 12.9. The Morgan fingerprint density at radius 3 is 2.00 bits per heavy atom. The summed E-state index contributed by atoms with van der Waals surface area (Å²) in [4.78, 5) is 12.9. The van der Waals surface area contributed by atoms with E-state index in [1.807, 2.05) is 39.0 Å². The first kappa shape index (κ1) is 29.3. The Morgan fingerprint density at radius 2 is 1.42 bits per heavy atom. The molecule has 0 unspecified atom stereocenters. The number of aryl methyl sites for hydroxylation is 1. The molecule has 0 saturated carbocycles. The van der Waals surface area contributed by atoms with Crippen molar-refractivity contribution in [3.8, 4) is 5.75 Å². The Labute approximate surface area is 204 Å². The molecule has 0 heterocycles. The van der Waals surface area contributed by atoms with Crippen LogP contribution in [0, 0.1) is 12.3 Å². The quantitative estimate of drug-likeness (QED) is 0.166. The zero-order chi connectivity index (χ0) is 24.4. The lowest BCUT2D eigenvalue weighted by Crippen LogP contribution is -2.31. The van der Waals surface area contributed by atoms with Gasteiger partial charge in [-0.05, 0) is 50.7 Å². The van der Waals surface area contributed by atoms with Crippen LogP contribution >= 0.6 is 0 Å². The monoisotopic (exact) mass is 457 g/mol. The molecule has 3 heteroatoms. The number of hydrogen-bond donors (Lipinski definition) is 1. The molecule has 0 bridgehead atoms. The standard InChI is InChI=1S/C30H51NO2/c1-6-7-8-9-10-11-12-13-14-15-16-17-18-19-20-21-25-30(3,4)29(32)31-28-26(2)23-22-24-27(28)33-5/h13-14,22-24H,6-12,15-21,25H2,1-5H3,(H,31,32)/b14-13-. The highest BCUT2D eigenvalue weighted by Gasteiger charge is 2.28. The molecule has 0 spiro atoms. The molecule has 0 radical (unpaired) electrons. The highest BCUT2D eigenvalue weighted by Crippen LogP contribution is 2.31. The fourth-order valence-corrected chi connectivity index (χ4v) is 4.18. The van der Waals surface area contributed by atoms with Gasteiger partial charge in [0.1, 0.15) is 5.75 Å². The molecule has 3 nitrogen and oxygen atoms in total. The van der Waals surface area contributed by atoms with Crippen molar-refractivity contribution in [2.45, 2.75) is 124 Å². The summed E-state index contributed by atoms with van der Waals surface area (Å²) in [5.41, 5.74) is 1.43. The molecule has 33 heavy (non-hydrogen) atoms. The van der Waals surface area contributed by atoms with E-state index in [0.717, 1.165) is 29.8 Å². The summed E-state index contributed by atoms with van der Waals surface area (Å²) in [5.74, 6) is 0.791. The molecule has 1 aromatic rings. The Kier molecular flexibility index (Phi) is 15.7. The minimum absolute atomic E-state index is 0.0721. The topological polar surface area (TPSA) is 38.3 Å². The molecular weight excluding hydrogens is 406 g/mol. The number of allylic oxidation sites excluding steroid dienone is 2. The van der Waals surface area contributed by atoms with E-state index in [4.69, 9.17) is 4.74 Å². The van der Waals surface area contributed by atoms with E-state index in [1.165, 1.54) is 83.5 Å². The molecule has 0 saturated heterocycles. The summed E-state index contributed by atoms with van der Waals surface area (Å²) < 4.78 is 5.41. The van der Waals surface area contributed by atoms with Crippen LogP contribution in [-0.2, 0) is 4.79 Å². The Bertz CT molecular complexity index is 678. The SMILES string of the molecule is CCCCCCCC/C=C\CCCCCCCCC(C)(C)C(=O)Nc1c(C)cccc1OC. The van der Waals surface area contributed by atoms with Crippen molar-refractivity contribution in [3.63, 3.8) is 0 Å². The van der Waals surface area contributed by atoms with Gasteiger partial charge in [-0.25, -0.2) is 0 Å². The van der Waals surface area contributed by atoms with Gasteiger partial charge in [-0.1, -0.05) is 109 Å². The van der Waals surface area contributed by atoms with E-state index in [0.29, 0.717) is 0 Å². The van der Waals surface area contributed by atoms with Gasteiger partial charge in [0, 0.05) is 5.41 Å². The third-order valence-electron chi connectivity index (χ3n) is 6.62. The van der Waals surface area contributed by atoms with Gasteiger partial charge in [-0.15, -0.1) is 0 Å². The van der Waals surface area contributed by atoms with Crippen LogP contribution in [0.2, 0.25) is 0 Å². The van der Waals surface area contributed by atoms with Crippen LogP contribution in [0.1, 0.15) is 123 Å². The second-order valence-corrected chi connectivity index (χ2v) is 10.2. The van der Waals surface area contributed by atoms with Gasteiger partial charge in [-0.3, -0.25) is 4.79 Å². The summed E-state index contributed by atoms with van der Waals surface area (Å²) in [6, 6.07) is 5.83. The number of para-hydroxylation sites is 1. The van der Waals surface area contributed by atoms with Crippen molar-refractivity contribution in [1.29, 1.82) is 0 Å². The molecule has 188 valence electrons. The number of benzene rings is 1. The molecule has 0 aliphatic carbocycles. The van der Waals surface area contributed by atoms with E-state index in [2.05, 4.69) is 24.4 Å². The van der Waals surface area contributed by atoms with Crippen LogP contribution in [0.25, 0.3) is 0 Å². The second-order valence-electron chi connectivity index (χ2n) is 10.2. The zero-order valence-corrected chi connectivity index (χ0v) is 22.3. The first-order valence-electron chi connectivity index (χ1n) is 13.5. The first-order chi connectivity index (χ1) is 15.9. The van der Waals surface area contributed by atoms with E-state index in [-0.39, 0.29) is 11.3 Å². The molecule has 0 aromatic heterocycles. The Hall–Kier alpha value is -1.77. The fraction of sp³-hybridized carbons (Fsp3) is 0.700. The summed E-state index contributed by atoms with van der Waals surface area (Å²) >= 11 is 0. The van der Waals surface area contributed by atoms with Crippen LogP contribution in [0.3, 0.4) is 0 Å². The van der Waals surface area contributed by atoms with Crippen LogP contribution in [-0.4, -0.2) is 13.0 Å². The summed E-state index contributed by atoms with van der Waals surface area (Å²) in [7, 11) is 1.64.